The number of rotatable bonds is 5. The van der Waals surface area contributed by atoms with E-state index in [4.69, 9.17) is 11.5 Å². The molecule has 1 rings (SSSR count). The predicted octanol–water partition coefficient (Wildman–Crippen LogP) is -0.584. The first-order chi connectivity index (χ1) is 8.26. The number of carbonyl (C=O) groups excluding carboxylic acids is 1. The molecule has 0 saturated carbocycles. The van der Waals surface area contributed by atoms with Gasteiger partial charge in [0.2, 0.25) is 15.9 Å². The molecule has 0 radical (unpaired) electrons. The Hall–Kier alpha value is -1.80. The summed E-state index contributed by atoms with van der Waals surface area (Å²) in [5.74, 6) is -0.560. The van der Waals surface area contributed by atoms with Crippen LogP contribution in [0.5, 0.6) is 0 Å². The van der Waals surface area contributed by atoms with Crippen LogP contribution in [0.1, 0.15) is 0 Å². The molecule has 8 heteroatoms. The number of hydrogen-bond acceptors (Lipinski definition) is 5. The van der Waals surface area contributed by atoms with Gasteiger partial charge in [0, 0.05) is 14.1 Å². The molecule has 0 aliphatic carbocycles. The van der Waals surface area contributed by atoms with Gasteiger partial charge in [-0.2, -0.15) is 0 Å². The van der Waals surface area contributed by atoms with E-state index in [2.05, 4.69) is 5.32 Å². The molecule has 0 fully saturated rings. The van der Waals surface area contributed by atoms with E-state index in [9.17, 15) is 13.2 Å². The maximum absolute atomic E-state index is 12.0. The Morgan fingerprint density at radius 3 is 2.50 bits per heavy atom. The molecule has 0 spiro atoms. The van der Waals surface area contributed by atoms with Crippen molar-refractivity contribution in [1.82, 2.24) is 4.31 Å². The number of sulfonamides is 1. The molecule has 0 aromatic heterocycles. The zero-order valence-corrected chi connectivity index (χ0v) is 11.0. The molecule has 0 saturated heterocycles. The van der Waals surface area contributed by atoms with Gasteiger partial charge < -0.3 is 16.8 Å². The second-order valence-corrected chi connectivity index (χ2v) is 5.94. The molecule has 100 valence electrons. The van der Waals surface area contributed by atoms with Gasteiger partial charge in [0.1, 0.15) is 4.90 Å². The first-order valence-corrected chi connectivity index (χ1v) is 6.54. The van der Waals surface area contributed by atoms with E-state index < -0.39 is 15.9 Å². The highest BCUT2D eigenvalue weighted by atomic mass is 32.2. The molecule has 1 aromatic carbocycles. The average Bonchev–Trinajstić information content (AvgIpc) is 2.27. The third-order valence-electron chi connectivity index (χ3n) is 2.28. The molecule has 1 amide bonds. The minimum atomic E-state index is -3.62. The number of anilines is 2. The Balaban J connectivity index is 3.18. The van der Waals surface area contributed by atoms with Gasteiger partial charge in [-0.25, -0.2) is 12.7 Å². The number of primary amides is 1. The molecule has 18 heavy (non-hydrogen) atoms. The Kier molecular flexibility index (Phi) is 4.15. The highest BCUT2D eigenvalue weighted by Gasteiger charge is 2.21. The molecule has 0 aliphatic heterocycles. The summed E-state index contributed by atoms with van der Waals surface area (Å²) in [6, 6.07) is 4.52. The summed E-state index contributed by atoms with van der Waals surface area (Å²) in [6.45, 7) is -0.115. The quantitative estimate of drug-likeness (QED) is 0.619. The van der Waals surface area contributed by atoms with Gasteiger partial charge in [0.15, 0.2) is 0 Å². The third kappa shape index (κ3) is 2.90. The summed E-state index contributed by atoms with van der Waals surface area (Å²) in [6.07, 6.45) is 0. The lowest BCUT2D eigenvalue weighted by atomic mass is 10.2. The van der Waals surface area contributed by atoms with Gasteiger partial charge in [-0.1, -0.05) is 6.07 Å². The Bertz CT molecular complexity index is 554. The van der Waals surface area contributed by atoms with Crippen LogP contribution in [0.3, 0.4) is 0 Å². The van der Waals surface area contributed by atoms with Crippen molar-refractivity contribution in [2.75, 3.05) is 31.7 Å². The standard InChI is InChI=1S/C10H16N4O3S/c1-14(2)18(16,17)8-5-3-4-7(10(8)12)13-6-9(11)15/h3-5,13H,6,12H2,1-2H3,(H2,11,15). The monoisotopic (exact) mass is 272 g/mol. The van der Waals surface area contributed by atoms with Crippen molar-refractivity contribution >= 4 is 27.3 Å². The lowest BCUT2D eigenvalue weighted by Gasteiger charge is -2.15. The first-order valence-electron chi connectivity index (χ1n) is 5.10. The number of para-hydroxylation sites is 1. The molecule has 0 unspecified atom stereocenters. The number of amides is 1. The number of nitrogens with one attached hydrogen (secondary N) is 1. The van der Waals surface area contributed by atoms with E-state index in [-0.39, 0.29) is 17.1 Å². The number of nitrogens with two attached hydrogens (primary N) is 2. The van der Waals surface area contributed by atoms with Crippen molar-refractivity contribution in [2.24, 2.45) is 5.73 Å². The van der Waals surface area contributed by atoms with E-state index in [1.165, 1.54) is 26.2 Å². The molecule has 5 N–H and O–H groups in total. The average molecular weight is 272 g/mol. The molecular formula is C10H16N4O3S. The van der Waals surface area contributed by atoms with Crippen molar-refractivity contribution in [3.8, 4) is 0 Å². The van der Waals surface area contributed by atoms with Gasteiger partial charge in [-0.15, -0.1) is 0 Å². The molecule has 0 aliphatic rings. The van der Waals surface area contributed by atoms with Crippen LogP contribution in [-0.2, 0) is 14.8 Å². The Labute approximate surface area is 106 Å². The van der Waals surface area contributed by atoms with Crippen LogP contribution in [0.4, 0.5) is 11.4 Å². The fourth-order valence-corrected chi connectivity index (χ4v) is 2.33. The van der Waals surface area contributed by atoms with Crippen LogP contribution in [0.15, 0.2) is 23.1 Å². The lowest BCUT2D eigenvalue weighted by molar-refractivity contribution is -0.116. The van der Waals surface area contributed by atoms with Gasteiger partial charge >= 0.3 is 0 Å². The molecule has 0 atom stereocenters. The predicted molar refractivity (Wildman–Crippen MR) is 69.4 cm³/mol. The van der Waals surface area contributed by atoms with E-state index >= 15 is 0 Å². The molecular weight excluding hydrogens is 256 g/mol. The fourth-order valence-electron chi connectivity index (χ4n) is 1.30. The maximum Gasteiger partial charge on any atom is 0.244 e. The van der Waals surface area contributed by atoms with Crippen LogP contribution in [0.2, 0.25) is 0 Å². The second kappa shape index (κ2) is 5.23. The zero-order valence-electron chi connectivity index (χ0n) is 10.2. The van der Waals surface area contributed by atoms with Crippen LogP contribution in [-0.4, -0.2) is 39.3 Å². The number of carbonyl (C=O) groups is 1. The van der Waals surface area contributed by atoms with Crippen molar-refractivity contribution in [2.45, 2.75) is 4.90 Å². The normalized spacial score (nSPS) is 11.5. The van der Waals surface area contributed by atoms with Crippen molar-refractivity contribution in [3.05, 3.63) is 18.2 Å². The number of benzene rings is 1. The van der Waals surface area contributed by atoms with E-state index in [0.29, 0.717) is 5.69 Å². The Morgan fingerprint density at radius 2 is 2.00 bits per heavy atom. The van der Waals surface area contributed by atoms with Crippen LogP contribution < -0.4 is 16.8 Å². The van der Waals surface area contributed by atoms with Crippen molar-refractivity contribution < 1.29 is 13.2 Å². The van der Waals surface area contributed by atoms with E-state index in [0.717, 1.165) is 4.31 Å². The fraction of sp³-hybridized carbons (Fsp3) is 0.300. The SMILES string of the molecule is CN(C)S(=O)(=O)c1cccc(NCC(N)=O)c1N. The summed E-state index contributed by atoms with van der Waals surface area (Å²) in [4.78, 5) is 10.7. The molecule has 7 nitrogen and oxygen atoms in total. The smallest absolute Gasteiger partial charge is 0.244 e. The molecule has 1 aromatic rings. The lowest BCUT2D eigenvalue weighted by Crippen LogP contribution is -2.25. The second-order valence-electron chi connectivity index (χ2n) is 3.82. The summed E-state index contributed by atoms with van der Waals surface area (Å²) >= 11 is 0. The number of nitrogens with zero attached hydrogens (tertiary/aromatic N) is 1. The van der Waals surface area contributed by atoms with Gasteiger partial charge in [-0.05, 0) is 12.1 Å². The summed E-state index contributed by atoms with van der Waals surface area (Å²) in [5, 5.41) is 2.68. The maximum atomic E-state index is 12.0. The molecule has 0 bridgehead atoms. The van der Waals surface area contributed by atoms with Crippen LogP contribution in [0.25, 0.3) is 0 Å². The minimum Gasteiger partial charge on any atom is -0.396 e. The van der Waals surface area contributed by atoms with Crippen LogP contribution in [0, 0.1) is 0 Å². The van der Waals surface area contributed by atoms with E-state index in [1.54, 1.807) is 6.07 Å². The van der Waals surface area contributed by atoms with E-state index in [1.807, 2.05) is 0 Å². The van der Waals surface area contributed by atoms with Crippen molar-refractivity contribution in [1.29, 1.82) is 0 Å². The highest BCUT2D eigenvalue weighted by Crippen LogP contribution is 2.27. The first kappa shape index (κ1) is 14.3. The molecule has 0 heterocycles. The number of hydrogen-bond donors (Lipinski definition) is 3. The third-order valence-corrected chi connectivity index (χ3v) is 4.15. The highest BCUT2D eigenvalue weighted by molar-refractivity contribution is 7.89. The minimum absolute atomic E-state index is 0.0121. The van der Waals surface area contributed by atoms with Gasteiger partial charge in [0.25, 0.3) is 0 Å². The van der Waals surface area contributed by atoms with Gasteiger partial charge in [-0.3, -0.25) is 4.79 Å². The topological polar surface area (TPSA) is 119 Å². The van der Waals surface area contributed by atoms with Crippen molar-refractivity contribution in [3.63, 3.8) is 0 Å². The Morgan fingerprint density at radius 1 is 1.39 bits per heavy atom. The van der Waals surface area contributed by atoms with Gasteiger partial charge in [0.05, 0.1) is 17.9 Å². The summed E-state index contributed by atoms with van der Waals surface area (Å²) < 4.78 is 25.0. The van der Waals surface area contributed by atoms with Crippen LogP contribution >= 0.6 is 0 Å². The number of nitrogen functional groups attached to an aromatic ring is 1. The zero-order chi connectivity index (χ0) is 13.9. The largest absolute Gasteiger partial charge is 0.396 e. The summed E-state index contributed by atoms with van der Waals surface area (Å²) in [5.41, 5.74) is 11.2. The summed E-state index contributed by atoms with van der Waals surface area (Å²) in [7, 11) is -0.787.